The van der Waals surface area contributed by atoms with E-state index < -0.39 is 34.3 Å². The number of pyridine rings is 1. The first-order chi connectivity index (χ1) is 15.4. The fraction of sp³-hybridized carbons (Fsp3) is 0.458. The predicted octanol–water partition coefficient (Wildman–Crippen LogP) is 4.52. The Kier molecular flexibility index (Phi) is 5.48. The summed E-state index contributed by atoms with van der Waals surface area (Å²) >= 11 is 0. The smallest absolute Gasteiger partial charge is 0.304 e. The number of amidine groups is 1. The normalized spacial score (nSPS) is 25.6. The number of nitrogens with zero attached hydrogens (tertiary/aromatic N) is 3. The fourth-order valence-corrected chi connectivity index (χ4v) is 4.75. The minimum Gasteiger partial charge on any atom is -0.385 e. The van der Waals surface area contributed by atoms with Gasteiger partial charge in [-0.15, -0.1) is 0 Å². The summed E-state index contributed by atoms with van der Waals surface area (Å²) in [5.74, 6) is -6.00. The lowest BCUT2D eigenvalue weighted by atomic mass is 9.77. The molecule has 0 radical (unpaired) electrons. The number of aryl methyl sites for hydroxylation is 1. The van der Waals surface area contributed by atoms with Crippen molar-refractivity contribution in [3.8, 4) is 6.07 Å². The highest BCUT2D eigenvalue weighted by atomic mass is 19.3. The minimum atomic E-state index is -3.66. The van der Waals surface area contributed by atoms with Crippen molar-refractivity contribution in [3.63, 3.8) is 0 Å². The van der Waals surface area contributed by atoms with Gasteiger partial charge >= 0.3 is 5.92 Å². The van der Waals surface area contributed by atoms with Gasteiger partial charge in [0.25, 0.3) is 0 Å². The molecule has 1 aliphatic heterocycles. The molecule has 174 valence electrons. The zero-order valence-corrected chi connectivity index (χ0v) is 18.6. The van der Waals surface area contributed by atoms with Crippen LogP contribution < -0.4 is 5.73 Å². The van der Waals surface area contributed by atoms with E-state index in [1.54, 1.807) is 6.07 Å². The van der Waals surface area contributed by atoms with Crippen molar-refractivity contribution in [2.45, 2.75) is 63.0 Å². The number of benzene rings is 1. The number of hydrogen-bond acceptors (Lipinski definition) is 5. The number of alkyl halides is 2. The number of aromatic nitrogens is 1. The molecule has 1 aromatic heterocycles. The molecule has 0 bridgehead atoms. The molecule has 1 aromatic carbocycles. The van der Waals surface area contributed by atoms with Crippen molar-refractivity contribution in [1.82, 2.24) is 4.98 Å². The first kappa shape index (κ1) is 23.2. The standard InChI is InChI=1S/C24H24F4N4O/c1-22(2)24(27,28)23(3,32-20(30)12-33-22)17-8-16(18(25)9-19(17)26)7-15-5-4-14-6-13(10-29)11-31-21(14)15/h6,8-9,11,15H,4-5,7,12H2,1-3H3,(H2,30,32)/t15-,23-/m1/s1. The Hall–Kier alpha value is -2.99. The first-order valence-corrected chi connectivity index (χ1v) is 10.6. The second-order valence-electron chi connectivity index (χ2n) is 9.29. The lowest BCUT2D eigenvalue weighted by Crippen LogP contribution is -2.56. The number of aliphatic imine (C=N–C) groups is 1. The molecule has 33 heavy (non-hydrogen) atoms. The zero-order valence-electron chi connectivity index (χ0n) is 18.6. The molecule has 2 atom stereocenters. The van der Waals surface area contributed by atoms with Crippen molar-refractivity contribution in [1.29, 1.82) is 5.26 Å². The van der Waals surface area contributed by atoms with E-state index in [4.69, 9.17) is 15.7 Å². The van der Waals surface area contributed by atoms with Gasteiger partial charge in [0, 0.05) is 29.4 Å². The average molecular weight is 460 g/mol. The van der Waals surface area contributed by atoms with Crippen molar-refractivity contribution in [3.05, 3.63) is 64.0 Å². The highest BCUT2D eigenvalue weighted by Crippen LogP contribution is 2.51. The van der Waals surface area contributed by atoms with Crippen LogP contribution in [0.5, 0.6) is 0 Å². The van der Waals surface area contributed by atoms with Crippen LogP contribution in [0.1, 0.15) is 61.1 Å². The first-order valence-electron chi connectivity index (χ1n) is 10.6. The van der Waals surface area contributed by atoms with E-state index in [1.807, 2.05) is 6.07 Å². The molecule has 2 aliphatic rings. The molecule has 0 saturated carbocycles. The van der Waals surface area contributed by atoms with Gasteiger partial charge in [-0.2, -0.15) is 5.26 Å². The van der Waals surface area contributed by atoms with Gasteiger partial charge in [0.1, 0.15) is 35.7 Å². The number of halogens is 4. The minimum absolute atomic E-state index is 0.0872. The predicted molar refractivity (Wildman–Crippen MR) is 114 cm³/mol. The molecule has 0 saturated heterocycles. The van der Waals surface area contributed by atoms with Gasteiger partial charge in [0.2, 0.25) is 0 Å². The van der Waals surface area contributed by atoms with Gasteiger partial charge in [-0.25, -0.2) is 17.6 Å². The molecule has 9 heteroatoms. The number of hydrogen-bond donors (Lipinski definition) is 1. The van der Waals surface area contributed by atoms with Crippen molar-refractivity contribution < 1.29 is 22.3 Å². The van der Waals surface area contributed by atoms with Crippen LogP contribution in [0.2, 0.25) is 0 Å². The van der Waals surface area contributed by atoms with Gasteiger partial charge in [-0.1, -0.05) is 0 Å². The quantitative estimate of drug-likeness (QED) is 0.683. The molecule has 0 fully saturated rings. The molecular formula is C24H24F4N4O. The molecule has 1 aliphatic carbocycles. The van der Waals surface area contributed by atoms with Gasteiger partial charge in [0.15, 0.2) is 5.54 Å². The SMILES string of the molecule is CC1(C)OCC(N)=N[C@](C)(c2cc(C[C@H]3CCc4cc(C#N)cnc43)c(F)cc2F)C1(F)F. The average Bonchev–Trinajstić information content (AvgIpc) is 3.13. The van der Waals surface area contributed by atoms with E-state index in [2.05, 4.69) is 9.98 Å². The second kappa shape index (κ2) is 7.80. The third kappa shape index (κ3) is 3.66. The maximum absolute atomic E-state index is 15.7. The van der Waals surface area contributed by atoms with Crippen LogP contribution in [0.25, 0.3) is 0 Å². The number of ether oxygens (including phenoxy) is 1. The number of rotatable bonds is 3. The molecule has 2 heterocycles. The number of nitrogens with two attached hydrogens (primary N) is 1. The Balaban J connectivity index is 1.78. The van der Waals surface area contributed by atoms with Gasteiger partial charge in [-0.05, 0) is 63.3 Å². The van der Waals surface area contributed by atoms with Crippen LogP contribution in [0.4, 0.5) is 17.6 Å². The van der Waals surface area contributed by atoms with E-state index in [9.17, 15) is 8.78 Å². The van der Waals surface area contributed by atoms with Crippen molar-refractivity contribution >= 4 is 5.84 Å². The van der Waals surface area contributed by atoms with E-state index >= 15 is 8.78 Å². The van der Waals surface area contributed by atoms with Gasteiger partial charge < -0.3 is 10.5 Å². The Morgan fingerprint density at radius 2 is 1.91 bits per heavy atom. The summed E-state index contributed by atoms with van der Waals surface area (Å²) in [4.78, 5) is 8.31. The Morgan fingerprint density at radius 1 is 1.18 bits per heavy atom. The van der Waals surface area contributed by atoms with Crippen LogP contribution in [0, 0.1) is 23.0 Å². The fourth-order valence-electron chi connectivity index (χ4n) is 4.75. The van der Waals surface area contributed by atoms with Gasteiger partial charge in [-0.3, -0.25) is 9.98 Å². The van der Waals surface area contributed by atoms with Crippen LogP contribution in [0.3, 0.4) is 0 Å². The third-order valence-electron chi connectivity index (χ3n) is 6.72. The number of nitriles is 1. The second-order valence-corrected chi connectivity index (χ2v) is 9.29. The van der Waals surface area contributed by atoms with Crippen molar-refractivity contribution in [2.24, 2.45) is 10.7 Å². The van der Waals surface area contributed by atoms with E-state index in [1.165, 1.54) is 20.0 Å². The van der Waals surface area contributed by atoms with Crippen molar-refractivity contribution in [2.75, 3.05) is 6.61 Å². The summed E-state index contributed by atoms with van der Waals surface area (Å²) < 4.78 is 66.3. The Bertz CT molecular complexity index is 1190. The van der Waals surface area contributed by atoms with Crippen LogP contribution >= 0.6 is 0 Å². The topological polar surface area (TPSA) is 84.3 Å². The highest BCUT2D eigenvalue weighted by Gasteiger charge is 2.64. The van der Waals surface area contributed by atoms with E-state index in [0.29, 0.717) is 24.5 Å². The number of fused-ring (bicyclic) bond motifs is 1. The van der Waals surface area contributed by atoms with Gasteiger partial charge in [0.05, 0.1) is 5.56 Å². The molecule has 2 aromatic rings. The molecule has 2 N–H and O–H groups in total. The highest BCUT2D eigenvalue weighted by molar-refractivity contribution is 5.82. The monoisotopic (exact) mass is 460 g/mol. The Morgan fingerprint density at radius 3 is 2.61 bits per heavy atom. The molecule has 0 unspecified atom stereocenters. The molecule has 0 amide bonds. The lowest BCUT2D eigenvalue weighted by molar-refractivity contribution is -0.214. The lowest BCUT2D eigenvalue weighted by Gasteiger charge is -2.42. The van der Waals surface area contributed by atoms with E-state index in [0.717, 1.165) is 24.2 Å². The Labute approximate surface area is 189 Å². The molecule has 5 nitrogen and oxygen atoms in total. The van der Waals surface area contributed by atoms with E-state index in [-0.39, 0.29) is 30.3 Å². The van der Waals surface area contributed by atoms with Crippen LogP contribution in [-0.2, 0) is 23.1 Å². The molecule has 0 spiro atoms. The third-order valence-corrected chi connectivity index (χ3v) is 6.72. The summed E-state index contributed by atoms with van der Waals surface area (Å²) in [5.41, 5.74) is 3.09. The molecular weight excluding hydrogens is 436 g/mol. The summed E-state index contributed by atoms with van der Waals surface area (Å²) in [6.45, 7) is 3.14. The summed E-state index contributed by atoms with van der Waals surface area (Å²) in [7, 11) is 0. The summed E-state index contributed by atoms with van der Waals surface area (Å²) in [5, 5.41) is 9.06. The van der Waals surface area contributed by atoms with Crippen LogP contribution in [-0.4, -0.2) is 29.0 Å². The largest absolute Gasteiger partial charge is 0.385 e. The maximum Gasteiger partial charge on any atom is 0.304 e. The van der Waals surface area contributed by atoms with Crippen LogP contribution in [0.15, 0.2) is 29.4 Å². The zero-order chi connectivity index (χ0) is 24.2. The maximum atomic E-state index is 15.7. The summed E-state index contributed by atoms with van der Waals surface area (Å²) in [6, 6.07) is 5.54. The molecule has 4 rings (SSSR count). The summed E-state index contributed by atoms with van der Waals surface area (Å²) in [6.07, 6.45) is 2.92.